The second-order valence-corrected chi connectivity index (χ2v) is 9.11. The number of aromatic nitrogens is 3. The minimum absolute atomic E-state index is 0.0911. The van der Waals surface area contributed by atoms with Gasteiger partial charge in [0.05, 0.1) is 5.69 Å². The molecule has 2 fully saturated rings. The summed E-state index contributed by atoms with van der Waals surface area (Å²) in [7, 11) is 0. The lowest BCUT2D eigenvalue weighted by atomic mass is 9.90. The van der Waals surface area contributed by atoms with Crippen LogP contribution in [0.15, 0.2) is 23.1 Å². The first-order valence-corrected chi connectivity index (χ1v) is 11.7. The van der Waals surface area contributed by atoms with Crippen LogP contribution in [0.3, 0.4) is 0 Å². The van der Waals surface area contributed by atoms with Gasteiger partial charge in [0.25, 0.3) is 17.4 Å². The van der Waals surface area contributed by atoms with E-state index in [9.17, 15) is 19.2 Å². The molecule has 0 atom stereocenters. The van der Waals surface area contributed by atoms with Crippen LogP contribution in [0.1, 0.15) is 58.6 Å². The molecule has 0 aromatic carbocycles. The van der Waals surface area contributed by atoms with Crippen LogP contribution in [0, 0.1) is 5.92 Å². The Bertz CT molecular complexity index is 1160. The summed E-state index contributed by atoms with van der Waals surface area (Å²) in [5.74, 6) is -0.982. The molecule has 5 rings (SSSR count). The fraction of sp³-hybridized carbons (Fsp3) is 0.500. The highest BCUT2D eigenvalue weighted by Gasteiger charge is 2.37. The average molecular weight is 450 g/mol. The molecule has 0 bridgehead atoms. The van der Waals surface area contributed by atoms with E-state index in [1.54, 1.807) is 22.1 Å². The number of carbonyl (C=O) groups is 3. The van der Waals surface area contributed by atoms with E-state index in [2.05, 4.69) is 15.2 Å². The predicted octanol–water partition coefficient (Wildman–Crippen LogP) is 0.898. The summed E-state index contributed by atoms with van der Waals surface area (Å²) < 4.78 is 0. The summed E-state index contributed by atoms with van der Waals surface area (Å²) in [6.45, 7) is 1.47. The zero-order valence-electron chi connectivity index (χ0n) is 18.5. The van der Waals surface area contributed by atoms with Gasteiger partial charge in [-0.2, -0.15) is 5.10 Å². The highest BCUT2D eigenvalue weighted by molar-refractivity contribution is 6.37. The van der Waals surface area contributed by atoms with Gasteiger partial charge in [-0.05, 0) is 61.8 Å². The highest BCUT2D eigenvalue weighted by Crippen LogP contribution is 2.30. The van der Waals surface area contributed by atoms with Crippen LogP contribution < -0.4 is 5.56 Å². The molecule has 3 aliphatic rings. The second kappa shape index (κ2) is 8.88. The molecule has 1 N–H and O–H groups in total. The molecule has 9 nitrogen and oxygen atoms in total. The lowest BCUT2D eigenvalue weighted by molar-refractivity contribution is -0.146. The van der Waals surface area contributed by atoms with E-state index in [1.165, 1.54) is 0 Å². The van der Waals surface area contributed by atoms with E-state index in [-0.39, 0.29) is 23.2 Å². The highest BCUT2D eigenvalue weighted by atomic mass is 16.2. The number of pyridine rings is 1. The number of hydrogen-bond acceptors (Lipinski definition) is 6. The number of H-pyrrole nitrogens is 1. The van der Waals surface area contributed by atoms with Gasteiger partial charge in [0, 0.05) is 50.3 Å². The molecule has 1 saturated heterocycles. The number of ketones is 1. The predicted molar refractivity (Wildman–Crippen MR) is 119 cm³/mol. The van der Waals surface area contributed by atoms with Crippen molar-refractivity contribution >= 4 is 17.6 Å². The van der Waals surface area contributed by atoms with Crippen molar-refractivity contribution < 1.29 is 14.4 Å². The molecule has 172 valence electrons. The third-order valence-corrected chi connectivity index (χ3v) is 6.81. The summed E-state index contributed by atoms with van der Waals surface area (Å²) in [6, 6.07) is 3.64. The van der Waals surface area contributed by atoms with Crippen molar-refractivity contribution in [2.24, 2.45) is 5.92 Å². The normalized spacial score (nSPS) is 18.1. The number of fused-ring (bicyclic) bond motifs is 1. The topological polar surface area (TPSA) is 116 Å². The van der Waals surface area contributed by atoms with Crippen molar-refractivity contribution in [2.75, 3.05) is 26.2 Å². The Morgan fingerprint density at radius 1 is 1.00 bits per heavy atom. The van der Waals surface area contributed by atoms with Crippen LogP contribution in [0.25, 0.3) is 0 Å². The molecule has 0 radical (unpaired) electrons. The molecule has 2 aliphatic carbocycles. The average Bonchev–Trinajstić information content (AvgIpc) is 3.70. The molecule has 9 heteroatoms. The van der Waals surface area contributed by atoms with Crippen molar-refractivity contribution in [2.45, 2.75) is 44.9 Å². The Hall–Kier alpha value is -3.36. The molecule has 1 saturated carbocycles. The third-order valence-electron chi connectivity index (χ3n) is 6.81. The molecule has 2 amide bonds. The summed E-state index contributed by atoms with van der Waals surface area (Å²) >= 11 is 0. The van der Waals surface area contributed by atoms with E-state index >= 15 is 0 Å². The van der Waals surface area contributed by atoms with E-state index < -0.39 is 5.91 Å². The van der Waals surface area contributed by atoms with Crippen molar-refractivity contribution in [1.82, 2.24) is 25.0 Å². The van der Waals surface area contributed by atoms with Crippen LogP contribution in [-0.2, 0) is 28.9 Å². The summed E-state index contributed by atoms with van der Waals surface area (Å²) in [6.07, 6.45) is 7.45. The maximum Gasteiger partial charge on any atom is 0.290 e. The number of carbonyl (C=O) groups excluding carboxylic acids is 3. The Kier molecular flexibility index (Phi) is 5.78. The van der Waals surface area contributed by atoms with Crippen molar-refractivity contribution in [3.63, 3.8) is 0 Å². The zero-order chi connectivity index (χ0) is 22.9. The van der Waals surface area contributed by atoms with Gasteiger partial charge in [-0.15, -0.1) is 0 Å². The van der Waals surface area contributed by atoms with Crippen LogP contribution in [0.5, 0.6) is 0 Å². The maximum atomic E-state index is 13.0. The van der Waals surface area contributed by atoms with Gasteiger partial charge >= 0.3 is 0 Å². The van der Waals surface area contributed by atoms with Gasteiger partial charge < -0.3 is 9.80 Å². The first kappa shape index (κ1) is 21.5. The molecular formula is C24H27N5O4. The summed E-state index contributed by atoms with van der Waals surface area (Å²) in [5.41, 5.74) is 3.88. The van der Waals surface area contributed by atoms with E-state index in [1.807, 2.05) is 6.07 Å². The quantitative estimate of drug-likeness (QED) is 0.678. The van der Waals surface area contributed by atoms with Crippen molar-refractivity contribution in [3.05, 3.63) is 56.8 Å². The van der Waals surface area contributed by atoms with Gasteiger partial charge in [0.15, 0.2) is 0 Å². The van der Waals surface area contributed by atoms with Crippen LogP contribution in [0.2, 0.25) is 0 Å². The number of piperazine rings is 1. The molecule has 33 heavy (non-hydrogen) atoms. The fourth-order valence-corrected chi connectivity index (χ4v) is 4.72. The number of rotatable bonds is 5. The molecule has 2 aromatic heterocycles. The van der Waals surface area contributed by atoms with Gasteiger partial charge in [0.2, 0.25) is 5.78 Å². The van der Waals surface area contributed by atoms with E-state index in [0.29, 0.717) is 38.3 Å². The SMILES string of the molecule is O=C(C(=O)N1CCN(C(=O)c2cc(Cc3n[nH]c(=O)c4c3CCCC4)ccn2)CC1)C1CC1. The fourth-order valence-electron chi connectivity index (χ4n) is 4.72. The van der Waals surface area contributed by atoms with E-state index in [4.69, 9.17) is 0 Å². The second-order valence-electron chi connectivity index (χ2n) is 9.11. The Labute approximate surface area is 191 Å². The molecule has 0 unspecified atom stereocenters. The van der Waals surface area contributed by atoms with Gasteiger partial charge in [-0.25, -0.2) is 5.10 Å². The lowest BCUT2D eigenvalue weighted by Crippen LogP contribution is -2.52. The van der Waals surface area contributed by atoms with Gasteiger partial charge in [-0.1, -0.05) is 0 Å². The summed E-state index contributed by atoms with van der Waals surface area (Å²) in [4.78, 5) is 57.0. The number of hydrogen-bond donors (Lipinski definition) is 1. The van der Waals surface area contributed by atoms with E-state index in [0.717, 1.165) is 60.9 Å². The van der Waals surface area contributed by atoms with Crippen LogP contribution in [-0.4, -0.2) is 68.8 Å². The third kappa shape index (κ3) is 4.44. The molecule has 0 spiro atoms. The smallest absolute Gasteiger partial charge is 0.290 e. The monoisotopic (exact) mass is 449 g/mol. The van der Waals surface area contributed by atoms with Crippen LogP contribution in [0.4, 0.5) is 0 Å². The molecular weight excluding hydrogens is 422 g/mol. The molecule has 1 aliphatic heterocycles. The first-order chi connectivity index (χ1) is 16.0. The minimum Gasteiger partial charge on any atom is -0.334 e. The number of nitrogens with one attached hydrogen (secondary N) is 1. The van der Waals surface area contributed by atoms with Gasteiger partial charge in [0.1, 0.15) is 5.69 Å². The largest absolute Gasteiger partial charge is 0.334 e. The number of Topliss-reactive ketones (excluding diaryl/α,β-unsaturated/α-hetero) is 1. The standard InChI is InChI=1S/C24H27N5O4/c30-21(16-5-6-16)24(33)29-11-9-28(10-12-29)23(32)20-14-15(7-8-25-20)13-19-17-3-1-2-4-18(17)22(31)27-26-19/h7-8,14,16H,1-6,9-13H2,(H,27,31). The maximum absolute atomic E-state index is 13.0. The minimum atomic E-state index is -0.415. The summed E-state index contributed by atoms with van der Waals surface area (Å²) in [5, 5.41) is 6.91. The Morgan fingerprint density at radius 2 is 1.70 bits per heavy atom. The lowest BCUT2D eigenvalue weighted by Gasteiger charge is -2.34. The van der Waals surface area contributed by atoms with Gasteiger partial charge in [-0.3, -0.25) is 24.2 Å². The number of aromatic amines is 1. The Balaban J connectivity index is 1.25. The van der Waals surface area contributed by atoms with Crippen molar-refractivity contribution in [3.8, 4) is 0 Å². The molecule has 3 heterocycles. The zero-order valence-corrected chi connectivity index (χ0v) is 18.5. The molecule has 2 aromatic rings. The first-order valence-electron chi connectivity index (χ1n) is 11.7. The van der Waals surface area contributed by atoms with Crippen LogP contribution >= 0.6 is 0 Å². The Morgan fingerprint density at radius 3 is 2.42 bits per heavy atom. The number of amides is 2. The van der Waals surface area contributed by atoms with Crippen molar-refractivity contribution in [1.29, 1.82) is 0 Å². The number of nitrogens with zero attached hydrogens (tertiary/aromatic N) is 4.